The number of hydrogen-bond donors (Lipinski definition) is 2. The molecule has 8 aliphatic heterocycles. The van der Waals surface area contributed by atoms with Gasteiger partial charge in [0.05, 0.1) is 32.2 Å². The number of aryl methyl sites for hydroxylation is 4. The summed E-state index contributed by atoms with van der Waals surface area (Å²) in [7, 11) is -1.42. The zero-order valence-electron chi connectivity index (χ0n) is 62.5. The van der Waals surface area contributed by atoms with Gasteiger partial charge in [-0.3, -0.25) is 24.4 Å². The van der Waals surface area contributed by atoms with E-state index in [0.29, 0.717) is 40.7 Å². The summed E-state index contributed by atoms with van der Waals surface area (Å²) in [5, 5.41) is 14.2. The smallest absolute Gasteiger partial charge is 0.137 e. The maximum absolute atomic E-state index is 13.9. The summed E-state index contributed by atoms with van der Waals surface area (Å²) in [4.78, 5) is 20.8. The van der Waals surface area contributed by atoms with Gasteiger partial charge in [-0.15, -0.1) is 4.21 Å². The molecule has 104 heavy (non-hydrogen) atoms. The average Bonchev–Trinajstić information content (AvgIpc) is 1.66. The van der Waals surface area contributed by atoms with Crippen LogP contribution in [0.15, 0.2) is 199 Å². The molecule has 11 nitrogen and oxygen atoms in total. The molecule has 0 unspecified atom stereocenters. The van der Waals surface area contributed by atoms with Crippen LogP contribution < -0.4 is 38.8 Å². The number of carbonyl (C=O) groups excluding carboxylic acids is 1. The number of hydrogen-bond acceptors (Lipinski definition) is 11. The van der Waals surface area contributed by atoms with Crippen molar-refractivity contribution in [2.75, 3.05) is 90.8 Å². The molecule has 8 aromatic rings. The van der Waals surface area contributed by atoms with Crippen LogP contribution in [0.4, 0.5) is 8.78 Å². The molecule has 558 valence electrons. The Morgan fingerprint density at radius 1 is 0.462 bits per heavy atom. The third-order valence-electron chi connectivity index (χ3n) is 20.7. The van der Waals surface area contributed by atoms with E-state index in [1.165, 1.54) is 82.6 Å². The van der Waals surface area contributed by atoms with E-state index in [9.17, 15) is 22.9 Å². The molecule has 6 fully saturated rings. The van der Waals surface area contributed by atoms with E-state index in [2.05, 4.69) is 200 Å². The number of nitrogens with one attached hydrogen (secondary N) is 1. The number of benzene rings is 8. The van der Waals surface area contributed by atoms with Crippen LogP contribution >= 0.6 is 15.9 Å². The van der Waals surface area contributed by atoms with Gasteiger partial charge >= 0.3 is 0 Å². The Kier molecular flexibility index (Phi) is 30.9. The number of ketones is 1. The summed E-state index contributed by atoms with van der Waals surface area (Å²) in [6.07, 6.45) is 17.6. The summed E-state index contributed by atoms with van der Waals surface area (Å²) in [6, 6.07) is 65.5. The van der Waals surface area contributed by atoms with Crippen LogP contribution in [0.2, 0.25) is 0 Å². The number of Topliss-reactive ketones (excluding diaryl/α,β-unsaturated/α-hetero) is 1. The fourth-order valence-electron chi connectivity index (χ4n) is 14.6. The minimum Gasteiger partial charge on any atom is -1.00 e. The molecule has 0 radical (unpaired) electrons. The van der Waals surface area contributed by atoms with E-state index in [1.54, 1.807) is 37.0 Å². The van der Waals surface area contributed by atoms with Gasteiger partial charge in [0.2, 0.25) is 0 Å². The van der Waals surface area contributed by atoms with Crippen molar-refractivity contribution in [3.8, 4) is 11.5 Å². The Morgan fingerprint density at radius 2 is 0.798 bits per heavy atom. The molecule has 0 saturated carbocycles. The highest BCUT2D eigenvalue weighted by molar-refractivity contribution is 9.10. The SMILES string of the molecule is C[S+](C)(C)=O.Cc1ccc(F)c(Br)c1.Cc1ccc(F)c(CC2(O)CCN(Cc3ccccc3)CC2)c1.Cc1ccc2c(c1)CC1(CCN(Cc3ccccc3)CC1)O2.Cc1ccc2c(c1)CC1(CCNCC1)O2.O=C1CCN(Cc2ccccc2)CC1.[I-].c1ccc(CN2CCC3(CC2)CO3)cc1. The van der Waals surface area contributed by atoms with Crippen LogP contribution in [0.25, 0.3) is 0 Å². The third kappa shape index (κ3) is 26.7. The minimum atomic E-state index is -1.42. The topological polar surface area (TPSA) is 110 Å². The van der Waals surface area contributed by atoms with Crippen LogP contribution in [0.5, 0.6) is 11.5 Å². The van der Waals surface area contributed by atoms with Crippen molar-refractivity contribution < 1.29 is 61.1 Å². The van der Waals surface area contributed by atoms with Crippen LogP contribution in [0.1, 0.15) is 125 Å². The van der Waals surface area contributed by atoms with E-state index in [4.69, 9.17) is 14.2 Å². The zero-order chi connectivity index (χ0) is 72.9. The highest BCUT2D eigenvalue weighted by atomic mass is 127. The first kappa shape index (κ1) is 82.0. The Morgan fingerprint density at radius 3 is 1.18 bits per heavy atom. The molecule has 0 bridgehead atoms. The zero-order valence-corrected chi connectivity index (χ0v) is 67.0. The lowest BCUT2D eigenvalue weighted by atomic mass is 9.84. The first-order valence-electron chi connectivity index (χ1n) is 37.2. The lowest BCUT2D eigenvalue weighted by molar-refractivity contribution is -0.121. The molecule has 0 aliphatic carbocycles. The summed E-state index contributed by atoms with van der Waals surface area (Å²) < 4.78 is 55.1. The molecule has 6 saturated heterocycles. The van der Waals surface area contributed by atoms with Gasteiger partial charge in [0, 0.05) is 123 Å². The highest BCUT2D eigenvalue weighted by Gasteiger charge is 2.47. The van der Waals surface area contributed by atoms with E-state index < -0.39 is 15.5 Å². The molecule has 16 heteroatoms. The summed E-state index contributed by atoms with van der Waals surface area (Å²) >= 11 is 3.07. The summed E-state index contributed by atoms with van der Waals surface area (Å²) in [5.74, 6) is 2.22. The lowest BCUT2D eigenvalue weighted by Crippen LogP contribution is -3.00. The van der Waals surface area contributed by atoms with Gasteiger partial charge in [0.15, 0.2) is 0 Å². The average molecular weight is 1610 g/mol. The molecule has 3 spiro atoms. The first-order valence-corrected chi connectivity index (χ1v) is 40.8. The molecule has 2 N–H and O–H groups in total. The maximum Gasteiger partial charge on any atom is 0.137 e. The fourth-order valence-corrected chi connectivity index (χ4v) is 15.1. The Bertz CT molecular complexity index is 3970. The molecular weight excluding hydrogens is 1500 g/mol. The van der Waals surface area contributed by atoms with Gasteiger partial charge in [-0.2, -0.15) is 0 Å². The number of piperidine rings is 5. The van der Waals surface area contributed by atoms with Gasteiger partial charge in [-0.25, -0.2) is 8.78 Å². The molecule has 8 aromatic carbocycles. The molecule has 8 aliphatic rings. The molecule has 16 rings (SSSR count). The van der Waals surface area contributed by atoms with Crippen LogP contribution in [0.3, 0.4) is 0 Å². The third-order valence-corrected chi connectivity index (χ3v) is 21.3. The number of likely N-dealkylation sites (tertiary alicyclic amines) is 4. The Balaban J connectivity index is 0.000000145. The number of ether oxygens (including phenoxy) is 3. The summed E-state index contributed by atoms with van der Waals surface area (Å²) in [6.45, 7) is 23.6. The van der Waals surface area contributed by atoms with Crippen molar-refractivity contribution >= 4 is 31.6 Å². The fraction of sp³-hybridized carbons (Fsp3) is 0.443. The van der Waals surface area contributed by atoms with Gasteiger partial charge in [0.1, 0.15) is 58.9 Å². The quantitative estimate of drug-likeness (QED) is 0.0776. The van der Waals surface area contributed by atoms with E-state index in [1.807, 2.05) is 32.0 Å². The second-order valence-corrected chi connectivity index (χ2v) is 34.9. The Labute approximate surface area is 646 Å². The number of aliphatic hydroxyl groups is 1. The number of fused-ring (bicyclic) bond motifs is 2. The second-order valence-electron chi connectivity index (χ2n) is 30.6. The van der Waals surface area contributed by atoms with Crippen LogP contribution in [-0.4, -0.2) is 144 Å². The largest absolute Gasteiger partial charge is 1.00 e. The molecule has 8 heterocycles. The number of epoxide rings is 1. The first-order chi connectivity index (χ1) is 49.4. The highest BCUT2D eigenvalue weighted by Crippen LogP contribution is 2.43. The van der Waals surface area contributed by atoms with Crippen LogP contribution in [0, 0.1) is 39.3 Å². The molecular formula is C88H111BrF2IN5O6S. The lowest BCUT2D eigenvalue weighted by Gasteiger charge is -2.38. The number of halogens is 4. The second kappa shape index (κ2) is 39.2. The summed E-state index contributed by atoms with van der Waals surface area (Å²) in [5.41, 5.74) is 13.3. The molecule has 0 atom stereocenters. The van der Waals surface area contributed by atoms with E-state index >= 15 is 0 Å². The minimum absolute atomic E-state index is 0. The van der Waals surface area contributed by atoms with Crippen molar-refractivity contribution in [2.24, 2.45) is 0 Å². The number of nitrogens with zero attached hydrogens (tertiary/aromatic N) is 4. The van der Waals surface area contributed by atoms with Crippen molar-refractivity contribution in [2.45, 2.75) is 160 Å². The van der Waals surface area contributed by atoms with E-state index in [-0.39, 0.29) is 46.8 Å². The normalized spacial score (nSPS) is 18.8. The predicted octanol–water partition coefficient (Wildman–Crippen LogP) is 13.9. The van der Waals surface area contributed by atoms with Crippen molar-refractivity contribution in [3.05, 3.63) is 271 Å². The maximum atomic E-state index is 13.9. The van der Waals surface area contributed by atoms with Crippen molar-refractivity contribution in [1.82, 2.24) is 24.9 Å². The Hall–Kier alpha value is -6.03. The van der Waals surface area contributed by atoms with Gasteiger partial charge < -0.3 is 48.6 Å². The number of rotatable bonds is 10. The van der Waals surface area contributed by atoms with E-state index in [0.717, 1.165) is 159 Å². The molecule has 0 amide bonds. The van der Waals surface area contributed by atoms with Crippen molar-refractivity contribution in [3.63, 3.8) is 0 Å². The van der Waals surface area contributed by atoms with Gasteiger partial charge in [-0.05, 0) is 170 Å². The predicted molar refractivity (Wildman–Crippen MR) is 421 cm³/mol. The number of carbonyl (C=O) groups is 1. The monoisotopic (exact) mass is 1610 g/mol. The van der Waals surface area contributed by atoms with Crippen molar-refractivity contribution in [1.29, 1.82) is 0 Å². The standard InChI is InChI=1S/C20H24FNO.C20H23NO.2C13H17NO.C12H15NO.C7H6BrF.C3H9OS.HI/c1-16-7-8-19(21)18(13-16)14-20(23)9-11-22(12-10-20)15-17-5-3-2-4-6-17;1-16-7-8-19-18(13-16)14-20(22-19)9-11-21(12-10-20)15-17-5-3-2-4-6-17;1-10-2-3-12-11(8-10)9-13(15-12)4-6-14-7-5-13;1-2-4-12(5-3-1)10-14-8-6-13(7-9-14)11-15-13;14-12-6-8-13(9-7-12)10-11-4-2-1-3-5-11;1-5-2-3-7(9)6(8)4-5;1-5(2,3)4;/h2-8,13,23H,9-12,14-15H2,1H3;2-8,13H,9-12,14-15H2,1H3;2-3,8,14H,4-7,9H2,1H3;1-5H,6-11H2;1-5H,6-10H2;2-4H,1H3;1-3H3;1H/q;;;;;;+1;/p-1. The van der Waals surface area contributed by atoms with Crippen LogP contribution in [-0.2, 0) is 69.1 Å². The van der Waals surface area contributed by atoms with Gasteiger partial charge in [-0.1, -0.05) is 180 Å². The van der Waals surface area contributed by atoms with Gasteiger partial charge in [0.25, 0.3) is 0 Å². The molecule has 0 aromatic heterocycles.